The molecule has 0 saturated carbocycles. The molecule has 0 spiro atoms. The second-order valence-corrected chi connectivity index (χ2v) is 9.28. The zero-order chi connectivity index (χ0) is 22.4. The average molecular weight is 447 g/mol. The summed E-state index contributed by atoms with van der Waals surface area (Å²) in [6.45, 7) is 1.99. The number of hydrogen-bond donors (Lipinski definition) is 2. The van der Waals surface area contributed by atoms with Gasteiger partial charge in [-0.25, -0.2) is 8.42 Å². The van der Waals surface area contributed by atoms with E-state index >= 15 is 0 Å². The molecule has 166 valence electrons. The van der Waals surface area contributed by atoms with Gasteiger partial charge in [-0.1, -0.05) is 0 Å². The zero-order valence-electron chi connectivity index (χ0n) is 17.4. The van der Waals surface area contributed by atoms with Gasteiger partial charge >= 0.3 is 0 Å². The van der Waals surface area contributed by atoms with Gasteiger partial charge in [0.2, 0.25) is 21.8 Å². The van der Waals surface area contributed by atoms with Crippen molar-refractivity contribution >= 4 is 27.5 Å². The van der Waals surface area contributed by atoms with Gasteiger partial charge in [0.1, 0.15) is 11.8 Å². The Bertz CT molecular complexity index is 1010. The second kappa shape index (κ2) is 9.88. The lowest BCUT2D eigenvalue weighted by molar-refractivity contribution is -0.129. The minimum absolute atomic E-state index is 0.0666. The van der Waals surface area contributed by atoms with Crippen molar-refractivity contribution in [2.24, 2.45) is 5.92 Å². The quantitative estimate of drug-likeness (QED) is 0.668. The molecule has 3 rings (SSSR count). The van der Waals surface area contributed by atoms with E-state index in [1.165, 1.54) is 29.7 Å². The largest absolute Gasteiger partial charge is 0.497 e. The number of methoxy groups -OCH3 is 1. The van der Waals surface area contributed by atoms with Gasteiger partial charge in [0, 0.05) is 19.3 Å². The van der Waals surface area contributed by atoms with Crippen molar-refractivity contribution in [1.29, 1.82) is 0 Å². The SMILES string of the molecule is COc1ccc(S(=O)(=O)N2CCCC(C(=O)N[C@H](C)C(=O)Nc3cccnc3)C2)cc1. The van der Waals surface area contributed by atoms with Gasteiger partial charge in [0.15, 0.2) is 0 Å². The monoisotopic (exact) mass is 446 g/mol. The summed E-state index contributed by atoms with van der Waals surface area (Å²) in [7, 11) is -2.22. The van der Waals surface area contributed by atoms with Crippen molar-refractivity contribution < 1.29 is 22.7 Å². The number of nitrogens with one attached hydrogen (secondary N) is 2. The van der Waals surface area contributed by atoms with E-state index in [1.54, 1.807) is 37.4 Å². The Labute approximate surface area is 181 Å². The minimum atomic E-state index is -3.73. The van der Waals surface area contributed by atoms with Gasteiger partial charge in [-0.3, -0.25) is 14.6 Å². The maximum atomic E-state index is 13.0. The number of rotatable bonds is 7. The number of carbonyl (C=O) groups excluding carboxylic acids is 2. The summed E-state index contributed by atoms with van der Waals surface area (Å²) < 4.78 is 32.3. The number of nitrogens with zero attached hydrogens (tertiary/aromatic N) is 2. The molecule has 0 radical (unpaired) electrons. The number of sulfonamides is 1. The maximum Gasteiger partial charge on any atom is 0.246 e. The fourth-order valence-corrected chi connectivity index (χ4v) is 4.88. The van der Waals surface area contributed by atoms with Crippen molar-refractivity contribution in [1.82, 2.24) is 14.6 Å². The average Bonchev–Trinajstić information content (AvgIpc) is 2.79. The third-order valence-corrected chi connectivity index (χ3v) is 7.01. The Hall–Kier alpha value is -2.98. The molecular weight excluding hydrogens is 420 g/mol. The van der Waals surface area contributed by atoms with Crippen LogP contribution in [0.15, 0.2) is 53.7 Å². The van der Waals surface area contributed by atoms with Crippen LogP contribution >= 0.6 is 0 Å². The second-order valence-electron chi connectivity index (χ2n) is 7.34. The molecule has 10 heteroatoms. The number of benzene rings is 1. The number of ether oxygens (including phenoxy) is 1. The van der Waals surface area contributed by atoms with E-state index in [1.807, 2.05) is 0 Å². The van der Waals surface area contributed by atoms with Crippen molar-refractivity contribution in [2.75, 3.05) is 25.5 Å². The summed E-state index contributed by atoms with van der Waals surface area (Å²) >= 11 is 0. The molecule has 1 aliphatic heterocycles. The highest BCUT2D eigenvalue weighted by Crippen LogP contribution is 2.25. The summed E-state index contributed by atoms with van der Waals surface area (Å²) in [5, 5.41) is 5.37. The van der Waals surface area contributed by atoms with Gasteiger partial charge in [-0.15, -0.1) is 0 Å². The van der Waals surface area contributed by atoms with E-state index < -0.39 is 22.0 Å². The van der Waals surface area contributed by atoms with Gasteiger partial charge in [-0.2, -0.15) is 4.31 Å². The molecule has 2 atom stereocenters. The first-order valence-corrected chi connectivity index (χ1v) is 11.4. The Kier molecular flexibility index (Phi) is 7.24. The predicted octanol–water partition coefficient (Wildman–Crippen LogP) is 1.63. The lowest BCUT2D eigenvalue weighted by Gasteiger charge is -2.31. The predicted molar refractivity (Wildman–Crippen MR) is 115 cm³/mol. The molecule has 1 unspecified atom stereocenters. The summed E-state index contributed by atoms with van der Waals surface area (Å²) in [4.78, 5) is 29.1. The lowest BCUT2D eigenvalue weighted by Crippen LogP contribution is -2.49. The first-order valence-electron chi connectivity index (χ1n) is 9.96. The standard InChI is InChI=1S/C21H26N4O5S/c1-15(20(26)24-17-6-3-11-22-13-17)23-21(27)16-5-4-12-25(14-16)31(28,29)19-9-7-18(30-2)8-10-19/h3,6-11,13,15-16H,4-5,12,14H2,1-2H3,(H,23,27)(H,24,26)/t15-,16?/m1/s1. The van der Waals surface area contributed by atoms with Crippen molar-refractivity contribution in [3.05, 3.63) is 48.8 Å². The Morgan fingerprint density at radius 1 is 1.23 bits per heavy atom. The molecular formula is C21H26N4O5S. The van der Waals surface area contributed by atoms with E-state index in [2.05, 4.69) is 15.6 Å². The molecule has 1 saturated heterocycles. The molecule has 31 heavy (non-hydrogen) atoms. The Balaban J connectivity index is 1.61. The van der Waals surface area contributed by atoms with Crippen molar-refractivity contribution in [2.45, 2.75) is 30.7 Å². The number of pyridine rings is 1. The van der Waals surface area contributed by atoms with Crippen molar-refractivity contribution in [3.8, 4) is 5.75 Å². The maximum absolute atomic E-state index is 13.0. The van der Waals surface area contributed by atoms with Crippen LogP contribution in [0.3, 0.4) is 0 Å². The third kappa shape index (κ3) is 5.59. The summed E-state index contributed by atoms with van der Waals surface area (Å²) in [5.41, 5.74) is 0.531. The molecule has 2 N–H and O–H groups in total. The number of piperidine rings is 1. The number of hydrogen-bond acceptors (Lipinski definition) is 6. The molecule has 2 heterocycles. The topological polar surface area (TPSA) is 118 Å². The first-order chi connectivity index (χ1) is 14.8. The number of carbonyl (C=O) groups is 2. The van der Waals surface area contributed by atoms with Gasteiger partial charge in [0.25, 0.3) is 0 Å². The molecule has 0 aliphatic carbocycles. The van der Waals surface area contributed by atoms with Gasteiger partial charge < -0.3 is 15.4 Å². The molecule has 0 bridgehead atoms. The lowest BCUT2D eigenvalue weighted by atomic mass is 9.98. The highest BCUT2D eigenvalue weighted by Gasteiger charge is 2.34. The normalized spacial score (nSPS) is 18.1. The van der Waals surface area contributed by atoms with Gasteiger partial charge in [-0.05, 0) is 56.2 Å². The summed E-state index contributed by atoms with van der Waals surface area (Å²) in [5.74, 6) is -0.688. The number of anilines is 1. The van der Waals surface area contributed by atoms with Crippen LogP contribution in [0.5, 0.6) is 5.75 Å². The summed E-state index contributed by atoms with van der Waals surface area (Å²) in [6.07, 6.45) is 4.21. The molecule has 1 aromatic carbocycles. The number of amides is 2. The van der Waals surface area contributed by atoms with Crippen LogP contribution in [0.1, 0.15) is 19.8 Å². The van der Waals surface area contributed by atoms with E-state index in [4.69, 9.17) is 4.74 Å². The minimum Gasteiger partial charge on any atom is -0.497 e. The van der Waals surface area contributed by atoms with E-state index in [0.717, 1.165) is 0 Å². The van der Waals surface area contributed by atoms with Crippen LogP contribution in [0.25, 0.3) is 0 Å². The Morgan fingerprint density at radius 2 is 1.97 bits per heavy atom. The van der Waals surface area contributed by atoms with Crippen LogP contribution in [-0.4, -0.2) is 55.8 Å². The molecule has 1 aromatic heterocycles. The highest BCUT2D eigenvalue weighted by molar-refractivity contribution is 7.89. The zero-order valence-corrected chi connectivity index (χ0v) is 18.3. The number of aromatic nitrogens is 1. The molecule has 9 nitrogen and oxygen atoms in total. The van der Waals surface area contributed by atoms with E-state index in [9.17, 15) is 18.0 Å². The highest BCUT2D eigenvalue weighted by atomic mass is 32.2. The summed E-state index contributed by atoms with van der Waals surface area (Å²) in [6, 6.07) is 8.76. The smallest absolute Gasteiger partial charge is 0.246 e. The molecule has 1 fully saturated rings. The molecule has 2 amide bonds. The fraction of sp³-hybridized carbons (Fsp3) is 0.381. The van der Waals surface area contributed by atoms with Crippen LogP contribution in [0.2, 0.25) is 0 Å². The third-order valence-electron chi connectivity index (χ3n) is 5.13. The van der Waals surface area contributed by atoms with Crippen LogP contribution < -0.4 is 15.4 Å². The Morgan fingerprint density at radius 3 is 2.61 bits per heavy atom. The van der Waals surface area contributed by atoms with Crippen LogP contribution in [0, 0.1) is 5.92 Å². The van der Waals surface area contributed by atoms with Crippen LogP contribution in [0.4, 0.5) is 5.69 Å². The van der Waals surface area contributed by atoms with E-state index in [0.29, 0.717) is 30.8 Å². The molecule has 2 aromatic rings. The van der Waals surface area contributed by atoms with Crippen molar-refractivity contribution in [3.63, 3.8) is 0 Å². The first kappa shape index (κ1) is 22.7. The molecule has 1 aliphatic rings. The van der Waals surface area contributed by atoms with Crippen LogP contribution in [-0.2, 0) is 19.6 Å². The fourth-order valence-electron chi connectivity index (χ4n) is 3.36. The van der Waals surface area contributed by atoms with Gasteiger partial charge in [0.05, 0.1) is 29.8 Å². The van der Waals surface area contributed by atoms with E-state index in [-0.39, 0.29) is 23.3 Å².